The fourth-order valence-corrected chi connectivity index (χ4v) is 3.62. The number of nitrogens with zero attached hydrogens (tertiary/aromatic N) is 2. The van der Waals surface area contributed by atoms with Crippen LogP contribution in [0, 0.1) is 11.8 Å². The summed E-state index contributed by atoms with van der Waals surface area (Å²) in [5.41, 5.74) is 0. The van der Waals surface area contributed by atoms with Crippen molar-refractivity contribution in [2.24, 2.45) is 11.8 Å². The van der Waals surface area contributed by atoms with E-state index in [1.807, 2.05) is 0 Å². The van der Waals surface area contributed by atoms with Crippen LogP contribution in [0.4, 0.5) is 0 Å². The van der Waals surface area contributed by atoms with Crippen molar-refractivity contribution in [2.45, 2.75) is 44.6 Å². The topological polar surface area (TPSA) is 113 Å². The highest BCUT2D eigenvalue weighted by Crippen LogP contribution is 2.37. The van der Waals surface area contributed by atoms with Gasteiger partial charge in [0, 0.05) is 13.1 Å². The number of esters is 1. The molecule has 0 aromatic carbocycles. The van der Waals surface area contributed by atoms with E-state index in [2.05, 4.69) is 5.32 Å². The minimum Gasteiger partial charge on any atom is -0.454 e. The molecule has 0 aromatic heterocycles. The second kappa shape index (κ2) is 8.06. The van der Waals surface area contributed by atoms with Crippen molar-refractivity contribution < 1.29 is 28.7 Å². The Kier molecular flexibility index (Phi) is 5.76. The molecule has 0 spiro atoms. The Bertz CT molecular complexity index is 635. The smallest absolute Gasteiger partial charge is 0.326 e. The molecule has 2 atom stereocenters. The van der Waals surface area contributed by atoms with Crippen molar-refractivity contribution in [1.82, 2.24) is 15.1 Å². The first kappa shape index (κ1) is 19.3. The average molecular weight is 379 g/mol. The van der Waals surface area contributed by atoms with Gasteiger partial charge in [0.2, 0.25) is 17.7 Å². The predicted octanol–water partition coefficient (Wildman–Crippen LogP) is -0.558. The van der Waals surface area contributed by atoms with Gasteiger partial charge >= 0.3 is 5.97 Å². The maximum Gasteiger partial charge on any atom is 0.326 e. The van der Waals surface area contributed by atoms with Gasteiger partial charge in [0.25, 0.3) is 5.91 Å². The molecule has 148 valence electrons. The first-order valence-electron chi connectivity index (χ1n) is 9.41. The lowest BCUT2D eigenvalue weighted by Gasteiger charge is -2.19. The van der Waals surface area contributed by atoms with Gasteiger partial charge < -0.3 is 15.0 Å². The number of likely N-dealkylation sites (tertiary alicyclic amines) is 1. The van der Waals surface area contributed by atoms with Crippen LogP contribution in [-0.4, -0.2) is 72.2 Å². The average Bonchev–Trinajstić information content (AvgIpc) is 3.42. The van der Waals surface area contributed by atoms with E-state index >= 15 is 0 Å². The number of nitrogens with one attached hydrogen (secondary N) is 1. The molecule has 2 saturated carbocycles. The molecule has 0 bridgehead atoms. The lowest BCUT2D eigenvalue weighted by molar-refractivity contribution is -0.156. The second-order valence-corrected chi connectivity index (χ2v) is 7.51. The third-order valence-electron chi connectivity index (χ3n) is 5.33. The maximum absolute atomic E-state index is 12.3. The molecule has 1 heterocycles. The van der Waals surface area contributed by atoms with Gasteiger partial charge in [0.1, 0.15) is 6.54 Å². The summed E-state index contributed by atoms with van der Waals surface area (Å²) >= 11 is 0. The number of fused-ring (bicyclic) bond motifs is 1. The number of imide groups is 1. The molecule has 9 heteroatoms. The van der Waals surface area contributed by atoms with Crippen molar-refractivity contribution in [3.8, 4) is 0 Å². The van der Waals surface area contributed by atoms with Crippen LogP contribution in [-0.2, 0) is 28.7 Å². The van der Waals surface area contributed by atoms with Gasteiger partial charge in [-0.3, -0.25) is 28.9 Å². The Balaban J connectivity index is 1.42. The lowest BCUT2D eigenvalue weighted by atomic mass is 9.81. The molecule has 3 rings (SSSR count). The molecule has 27 heavy (non-hydrogen) atoms. The van der Waals surface area contributed by atoms with Crippen LogP contribution in [0.1, 0.15) is 38.5 Å². The molecule has 0 radical (unpaired) electrons. The van der Waals surface area contributed by atoms with Crippen LogP contribution < -0.4 is 5.32 Å². The number of carbonyl (C=O) groups excluding carboxylic acids is 5. The zero-order chi connectivity index (χ0) is 19.6. The Hall–Kier alpha value is -2.45. The van der Waals surface area contributed by atoms with Gasteiger partial charge in [-0.15, -0.1) is 0 Å². The number of likely N-dealkylation sites (N-methyl/N-ethyl adjacent to an activating group) is 1. The SMILES string of the molecule is CN(CC(=O)NC1CC1)C(=O)COC(=O)CN1C(=O)[C@@H]2CCCC[C@H]2C1=O. The number of ether oxygens (including phenoxy) is 1. The second-order valence-electron chi connectivity index (χ2n) is 7.51. The largest absolute Gasteiger partial charge is 0.454 e. The molecule has 1 saturated heterocycles. The van der Waals surface area contributed by atoms with Crippen molar-refractivity contribution in [3.05, 3.63) is 0 Å². The van der Waals surface area contributed by atoms with Gasteiger partial charge in [-0.25, -0.2) is 0 Å². The van der Waals surface area contributed by atoms with Crippen LogP contribution >= 0.6 is 0 Å². The van der Waals surface area contributed by atoms with Gasteiger partial charge in [-0.05, 0) is 25.7 Å². The molecule has 3 aliphatic rings. The van der Waals surface area contributed by atoms with Crippen LogP contribution in [0.5, 0.6) is 0 Å². The number of carbonyl (C=O) groups is 5. The van der Waals surface area contributed by atoms with Crippen molar-refractivity contribution in [2.75, 3.05) is 26.7 Å². The van der Waals surface area contributed by atoms with Crippen molar-refractivity contribution in [3.63, 3.8) is 0 Å². The Morgan fingerprint density at radius 2 is 1.67 bits per heavy atom. The Morgan fingerprint density at radius 3 is 2.22 bits per heavy atom. The van der Waals surface area contributed by atoms with E-state index in [0.29, 0.717) is 12.8 Å². The first-order valence-corrected chi connectivity index (χ1v) is 9.41. The summed E-state index contributed by atoms with van der Waals surface area (Å²) in [5, 5.41) is 2.76. The minimum atomic E-state index is -0.806. The zero-order valence-electron chi connectivity index (χ0n) is 15.4. The molecule has 4 amide bonds. The van der Waals surface area contributed by atoms with E-state index in [1.54, 1.807) is 0 Å². The number of hydrogen-bond donors (Lipinski definition) is 1. The van der Waals surface area contributed by atoms with Crippen LogP contribution in [0.25, 0.3) is 0 Å². The number of rotatable bonds is 7. The fraction of sp³-hybridized carbons (Fsp3) is 0.722. The predicted molar refractivity (Wildman–Crippen MR) is 91.9 cm³/mol. The highest BCUT2D eigenvalue weighted by molar-refractivity contribution is 6.07. The third kappa shape index (κ3) is 4.64. The molecule has 2 aliphatic carbocycles. The third-order valence-corrected chi connectivity index (χ3v) is 5.33. The molecule has 0 unspecified atom stereocenters. The summed E-state index contributed by atoms with van der Waals surface area (Å²) in [6.45, 7) is -1.11. The van der Waals surface area contributed by atoms with E-state index in [9.17, 15) is 24.0 Å². The zero-order valence-corrected chi connectivity index (χ0v) is 15.4. The van der Waals surface area contributed by atoms with E-state index in [4.69, 9.17) is 4.74 Å². The molecule has 9 nitrogen and oxygen atoms in total. The molecule has 3 fully saturated rings. The summed E-state index contributed by atoms with van der Waals surface area (Å²) < 4.78 is 4.90. The number of hydrogen-bond acceptors (Lipinski definition) is 6. The van der Waals surface area contributed by atoms with E-state index < -0.39 is 25.0 Å². The molecule has 0 aromatic rings. The highest BCUT2D eigenvalue weighted by atomic mass is 16.5. The Labute approximate surface area is 157 Å². The molecule has 1 aliphatic heterocycles. The van der Waals surface area contributed by atoms with E-state index in [0.717, 1.165) is 30.6 Å². The van der Waals surface area contributed by atoms with Crippen molar-refractivity contribution >= 4 is 29.6 Å². The van der Waals surface area contributed by atoms with Gasteiger partial charge in [-0.2, -0.15) is 0 Å². The van der Waals surface area contributed by atoms with E-state index in [1.165, 1.54) is 11.9 Å². The minimum absolute atomic E-state index is 0.112. The fourth-order valence-electron chi connectivity index (χ4n) is 3.62. The summed E-state index contributed by atoms with van der Waals surface area (Å²) in [6.07, 6.45) is 5.08. The van der Waals surface area contributed by atoms with Crippen LogP contribution in [0.3, 0.4) is 0 Å². The molecule has 1 N–H and O–H groups in total. The van der Waals surface area contributed by atoms with Gasteiger partial charge in [0.15, 0.2) is 6.61 Å². The van der Waals surface area contributed by atoms with Crippen molar-refractivity contribution in [1.29, 1.82) is 0 Å². The summed E-state index contributed by atoms with van der Waals surface area (Å²) in [7, 11) is 1.45. The van der Waals surface area contributed by atoms with Gasteiger partial charge in [0.05, 0.1) is 18.4 Å². The normalized spacial score (nSPS) is 24.4. The standard InChI is InChI=1S/C18H25N3O6/c1-20(8-14(22)19-11-6-7-11)15(23)10-27-16(24)9-21-17(25)12-4-2-3-5-13(12)18(21)26/h11-13H,2-10H2,1H3,(H,19,22)/t12-,13-/m1/s1. The molecular formula is C18H25N3O6. The maximum atomic E-state index is 12.3. The summed E-state index contributed by atoms with van der Waals surface area (Å²) in [5.74, 6) is -2.87. The lowest BCUT2D eigenvalue weighted by Crippen LogP contribution is -2.41. The van der Waals surface area contributed by atoms with E-state index in [-0.39, 0.29) is 42.1 Å². The van der Waals surface area contributed by atoms with Gasteiger partial charge in [-0.1, -0.05) is 12.8 Å². The number of amides is 4. The first-order chi connectivity index (χ1) is 12.9. The van der Waals surface area contributed by atoms with Crippen LogP contribution in [0.2, 0.25) is 0 Å². The quantitative estimate of drug-likeness (QED) is 0.469. The monoisotopic (exact) mass is 379 g/mol. The van der Waals surface area contributed by atoms with Crippen LogP contribution in [0.15, 0.2) is 0 Å². The highest BCUT2D eigenvalue weighted by Gasteiger charge is 2.48. The molecular weight excluding hydrogens is 354 g/mol. The Morgan fingerprint density at radius 1 is 1.07 bits per heavy atom. The summed E-state index contributed by atoms with van der Waals surface area (Å²) in [6, 6.07) is 0.207. The summed E-state index contributed by atoms with van der Waals surface area (Å²) in [4.78, 5) is 62.4.